The van der Waals surface area contributed by atoms with Crippen LogP contribution in [0.15, 0.2) is 72.8 Å². The molecule has 0 aliphatic heterocycles. The molecule has 0 aliphatic rings. The zero-order valence-electron chi connectivity index (χ0n) is 20.1. The number of hydrogen-bond donors (Lipinski definition) is 2. The minimum atomic E-state index is -0.154. The van der Waals surface area contributed by atoms with Crippen molar-refractivity contribution >= 4 is 28.3 Å². The molecule has 0 unspecified atom stereocenters. The average molecular weight is 472 g/mol. The number of para-hydroxylation sites is 1. The Labute approximate surface area is 205 Å². The van der Waals surface area contributed by atoms with Crippen LogP contribution >= 0.6 is 0 Å². The summed E-state index contributed by atoms with van der Waals surface area (Å²) in [5.41, 5.74) is 3.21. The van der Waals surface area contributed by atoms with E-state index in [1.807, 2.05) is 73.7 Å². The van der Waals surface area contributed by atoms with Crippen molar-refractivity contribution in [3.63, 3.8) is 0 Å². The molecule has 0 saturated carbocycles. The third-order valence-electron chi connectivity index (χ3n) is 5.55. The van der Waals surface area contributed by atoms with Gasteiger partial charge in [0.15, 0.2) is 11.5 Å². The molecule has 0 atom stereocenters. The monoisotopic (exact) mass is 471 g/mol. The Morgan fingerprint density at radius 2 is 1.69 bits per heavy atom. The number of fused-ring (bicyclic) bond motifs is 1. The van der Waals surface area contributed by atoms with E-state index in [2.05, 4.69) is 15.6 Å². The SMILES string of the molecule is CCOc1ccc(Nc2cc(C(=O)NCCc3ccc(OC)c(OC)c3)c3ccccc3n2)cc1. The van der Waals surface area contributed by atoms with E-state index in [4.69, 9.17) is 14.2 Å². The summed E-state index contributed by atoms with van der Waals surface area (Å²) in [5, 5.41) is 7.13. The van der Waals surface area contributed by atoms with Crippen LogP contribution in [0.2, 0.25) is 0 Å². The highest BCUT2D eigenvalue weighted by molar-refractivity contribution is 6.07. The number of nitrogens with one attached hydrogen (secondary N) is 2. The van der Waals surface area contributed by atoms with Gasteiger partial charge in [0.05, 0.1) is 31.9 Å². The lowest BCUT2D eigenvalue weighted by Gasteiger charge is -2.13. The largest absolute Gasteiger partial charge is 0.494 e. The third kappa shape index (κ3) is 5.81. The molecule has 7 heteroatoms. The van der Waals surface area contributed by atoms with E-state index in [9.17, 15) is 4.79 Å². The van der Waals surface area contributed by atoms with Gasteiger partial charge in [-0.15, -0.1) is 0 Å². The van der Waals surface area contributed by atoms with Gasteiger partial charge in [-0.1, -0.05) is 24.3 Å². The van der Waals surface area contributed by atoms with Gasteiger partial charge >= 0.3 is 0 Å². The molecule has 35 heavy (non-hydrogen) atoms. The number of benzene rings is 3. The predicted octanol–water partition coefficient (Wildman–Crippen LogP) is 5.37. The van der Waals surface area contributed by atoms with Crippen LogP contribution in [0.4, 0.5) is 11.5 Å². The number of pyridine rings is 1. The maximum Gasteiger partial charge on any atom is 0.252 e. The van der Waals surface area contributed by atoms with Gasteiger partial charge in [-0.2, -0.15) is 0 Å². The van der Waals surface area contributed by atoms with Crippen molar-refractivity contribution in [2.45, 2.75) is 13.3 Å². The number of anilines is 2. The van der Waals surface area contributed by atoms with Crippen LogP contribution < -0.4 is 24.8 Å². The van der Waals surface area contributed by atoms with Gasteiger partial charge in [-0.05, 0) is 67.4 Å². The van der Waals surface area contributed by atoms with Crippen LogP contribution in [0.3, 0.4) is 0 Å². The van der Waals surface area contributed by atoms with Gasteiger partial charge in [-0.25, -0.2) is 4.98 Å². The molecule has 4 rings (SSSR count). The zero-order valence-corrected chi connectivity index (χ0v) is 20.1. The summed E-state index contributed by atoms with van der Waals surface area (Å²) in [6.45, 7) is 3.04. The summed E-state index contributed by atoms with van der Waals surface area (Å²) in [6.07, 6.45) is 0.659. The molecule has 1 heterocycles. The summed E-state index contributed by atoms with van der Waals surface area (Å²) < 4.78 is 16.2. The van der Waals surface area contributed by atoms with E-state index in [1.54, 1.807) is 20.3 Å². The molecule has 7 nitrogen and oxygen atoms in total. The van der Waals surface area contributed by atoms with Crippen molar-refractivity contribution in [3.05, 3.63) is 83.9 Å². The molecule has 180 valence electrons. The average Bonchev–Trinajstić information content (AvgIpc) is 2.89. The highest BCUT2D eigenvalue weighted by Gasteiger charge is 2.13. The smallest absolute Gasteiger partial charge is 0.252 e. The Morgan fingerprint density at radius 1 is 0.914 bits per heavy atom. The van der Waals surface area contributed by atoms with Crippen LogP contribution in [0.25, 0.3) is 10.9 Å². The Bertz CT molecular complexity index is 1310. The summed E-state index contributed by atoms with van der Waals surface area (Å²) >= 11 is 0. The second-order valence-corrected chi connectivity index (χ2v) is 7.85. The second-order valence-electron chi connectivity index (χ2n) is 7.85. The Morgan fingerprint density at radius 3 is 2.43 bits per heavy atom. The van der Waals surface area contributed by atoms with Crippen LogP contribution in [-0.2, 0) is 6.42 Å². The molecular weight excluding hydrogens is 442 g/mol. The molecule has 0 fully saturated rings. The van der Waals surface area contributed by atoms with E-state index in [1.165, 1.54) is 0 Å². The highest BCUT2D eigenvalue weighted by Crippen LogP contribution is 2.28. The molecule has 4 aromatic rings. The summed E-state index contributed by atoms with van der Waals surface area (Å²) in [7, 11) is 3.22. The van der Waals surface area contributed by atoms with Gasteiger partial charge in [-0.3, -0.25) is 4.79 Å². The van der Waals surface area contributed by atoms with Crippen molar-refractivity contribution in [2.75, 3.05) is 32.7 Å². The van der Waals surface area contributed by atoms with E-state index < -0.39 is 0 Å². The molecule has 1 amide bonds. The normalized spacial score (nSPS) is 10.6. The van der Waals surface area contributed by atoms with Crippen LogP contribution in [0.5, 0.6) is 17.2 Å². The lowest BCUT2D eigenvalue weighted by Crippen LogP contribution is -2.26. The fraction of sp³-hybridized carbons (Fsp3) is 0.214. The number of hydrogen-bond acceptors (Lipinski definition) is 6. The fourth-order valence-electron chi connectivity index (χ4n) is 3.83. The molecule has 0 aliphatic carbocycles. The highest BCUT2D eigenvalue weighted by atomic mass is 16.5. The maximum atomic E-state index is 13.2. The van der Waals surface area contributed by atoms with E-state index in [0.29, 0.717) is 42.5 Å². The minimum Gasteiger partial charge on any atom is -0.494 e. The van der Waals surface area contributed by atoms with Crippen molar-refractivity contribution < 1.29 is 19.0 Å². The van der Waals surface area contributed by atoms with Gasteiger partial charge in [0, 0.05) is 17.6 Å². The Kier molecular flexibility index (Phi) is 7.67. The van der Waals surface area contributed by atoms with Crippen LogP contribution in [0, 0.1) is 0 Å². The number of rotatable bonds is 10. The zero-order chi connectivity index (χ0) is 24.6. The number of aromatic nitrogens is 1. The maximum absolute atomic E-state index is 13.2. The molecular formula is C28H29N3O4. The molecule has 0 bridgehead atoms. The Balaban J connectivity index is 1.50. The molecule has 1 aromatic heterocycles. The van der Waals surface area contributed by atoms with Gasteiger partial charge in [0.2, 0.25) is 0 Å². The standard InChI is InChI=1S/C28H29N3O4/c1-4-35-21-12-10-20(11-13-21)30-27-18-23(22-7-5-6-8-24(22)31-27)28(32)29-16-15-19-9-14-25(33-2)26(17-19)34-3/h5-14,17-18H,4,15-16H2,1-3H3,(H,29,32)(H,30,31). The minimum absolute atomic E-state index is 0.154. The molecule has 0 spiro atoms. The number of carbonyl (C=O) groups excluding carboxylic acids is 1. The lowest BCUT2D eigenvalue weighted by atomic mass is 10.1. The van der Waals surface area contributed by atoms with E-state index in [-0.39, 0.29) is 5.91 Å². The molecule has 2 N–H and O–H groups in total. The van der Waals surface area contributed by atoms with Crippen molar-refractivity contribution in [1.82, 2.24) is 10.3 Å². The fourth-order valence-corrected chi connectivity index (χ4v) is 3.83. The molecule has 0 radical (unpaired) electrons. The number of carbonyl (C=O) groups is 1. The summed E-state index contributed by atoms with van der Waals surface area (Å²) in [4.78, 5) is 17.9. The van der Waals surface area contributed by atoms with E-state index in [0.717, 1.165) is 27.9 Å². The Hall–Kier alpha value is -4.26. The number of nitrogens with zero attached hydrogens (tertiary/aromatic N) is 1. The quantitative estimate of drug-likeness (QED) is 0.324. The number of methoxy groups -OCH3 is 2. The van der Waals surface area contributed by atoms with Crippen molar-refractivity contribution in [1.29, 1.82) is 0 Å². The molecule has 3 aromatic carbocycles. The number of ether oxygens (including phenoxy) is 3. The lowest BCUT2D eigenvalue weighted by molar-refractivity contribution is 0.0955. The van der Waals surface area contributed by atoms with Crippen LogP contribution in [-0.4, -0.2) is 38.3 Å². The van der Waals surface area contributed by atoms with Gasteiger partial charge < -0.3 is 24.8 Å². The molecule has 0 saturated heterocycles. The summed E-state index contributed by atoms with van der Waals surface area (Å²) in [6, 6.07) is 22.8. The van der Waals surface area contributed by atoms with Gasteiger partial charge in [0.25, 0.3) is 5.91 Å². The first kappa shape index (κ1) is 23.9. The first-order valence-electron chi connectivity index (χ1n) is 11.5. The topological polar surface area (TPSA) is 81.7 Å². The predicted molar refractivity (Wildman–Crippen MR) is 138 cm³/mol. The van der Waals surface area contributed by atoms with E-state index >= 15 is 0 Å². The van der Waals surface area contributed by atoms with Gasteiger partial charge in [0.1, 0.15) is 11.6 Å². The first-order valence-corrected chi connectivity index (χ1v) is 11.5. The number of amides is 1. The second kappa shape index (κ2) is 11.2. The summed E-state index contributed by atoms with van der Waals surface area (Å²) in [5.74, 6) is 2.59. The van der Waals surface area contributed by atoms with Crippen molar-refractivity contribution in [2.24, 2.45) is 0 Å². The van der Waals surface area contributed by atoms with Crippen LogP contribution in [0.1, 0.15) is 22.8 Å². The third-order valence-corrected chi connectivity index (χ3v) is 5.55. The first-order chi connectivity index (χ1) is 17.1. The van der Waals surface area contributed by atoms with Crippen molar-refractivity contribution in [3.8, 4) is 17.2 Å².